The lowest BCUT2D eigenvalue weighted by atomic mass is 10.0. The van der Waals surface area contributed by atoms with Crippen LogP contribution in [0.4, 0.5) is 0 Å². The first-order valence-corrected chi connectivity index (χ1v) is 10.2. The summed E-state index contributed by atoms with van der Waals surface area (Å²) in [6, 6.07) is 0. The van der Waals surface area contributed by atoms with Crippen LogP contribution in [-0.2, 0) is 7.05 Å². The molecule has 24 heavy (non-hydrogen) atoms. The zero-order valence-corrected chi connectivity index (χ0v) is 15.8. The lowest BCUT2D eigenvalue weighted by molar-refractivity contribution is 0.311. The highest BCUT2D eigenvalue weighted by atomic mass is 32.2. The molecule has 2 fully saturated rings. The number of aliphatic imine (C=N–C) groups is 1. The van der Waals surface area contributed by atoms with Crippen LogP contribution in [0.2, 0.25) is 0 Å². The molecule has 0 spiro atoms. The standard InChI is InChI=1S/C17H30N6S/c1-3-18-17(19-5-7-22-8-10-24-11-9-22)23-6-4-15(14-23)16-12-20-21(2)13-16/h12-13,15H,3-11,14H2,1-2H3,(H,18,19). The normalized spacial score (nSPS) is 23.0. The minimum absolute atomic E-state index is 0.571. The lowest BCUT2D eigenvalue weighted by Crippen LogP contribution is -2.41. The van der Waals surface area contributed by atoms with Gasteiger partial charge in [0.05, 0.1) is 12.7 Å². The molecule has 2 aliphatic rings. The van der Waals surface area contributed by atoms with E-state index >= 15 is 0 Å². The van der Waals surface area contributed by atoms with Gasteiger partial charge in [0.2, 0.25) is 0 Å². The molecule has 0 bridgehead atoms. The molecule has 0 amide bonds. The minimum atomic E-state index is 0.571. The number of likely N-dealkylation sites (tertiary alicyclic amines) is 1. The second kappa shape index (κ2) is 8.76. The van der Waals surface area contributed by atoms with Crippen LogP contribution in [0.15, 0.2) is 17.4 Å². The maximum atomic E-state index is 4.89. The van der Waals surface area contributed by atoms with Crippen molar-refractivity contribution in [1.82, 2.24) is 24.9 Å². The zero-order valence-electron chi connectivity index (χ0n) is 14.9. The van der Waals surface area contributed by atoms with E-state index in [0.717, 1.165) is 38.7 Å². The first-order chi connectivity index (χ1) is 11.8. The molecule has 1 aromatic heterocycles. The summed E-state index contributed by atoms with van der Waals surface area (Å²) >= 11 is 2.06. The van der Waals surface area contributed by atoms with Crippen molar-refractivity contribution in [2.45, 2.75) is 19.3 Å². The highest BCUT2D eigenvalue weighted by Gasteiger charge is 2.26. The summed E-state index contributed by atoms with van der Waals surface area (Å²) in [6.45, 7) is 9.58. The van der Waals surface area contributed by atoms with E-state index in [9.17, 15) is 0 Å². The largest absolute Gasteiger partial charge is 0.357 e. The van der Waals surface area contributed by atoms with E-state index in [0.29, 0.717) is 5.92 Å². The van der Waals surface area contributed by atoms with E-state index in [1.54, 1.807) is 0 Å². The quantitative estimate of drug-likeness (QED) is 0.639. The Bertz CT molecular complexity index is 537. The molecule has 0 aliphatic carbocycles. The molecule has 1 aromatic rings. The monoisotopic (exact) mass is 350 g/mol. The van der Waals surface area contributed by atoms with E-state index in [1.807, 2.05) is 17.9 Å². The number of hydrogen-bond acceptors (Lipinski definition) is 4. The minimum Gasteiger partial charge on any atom is -0.357 e. The topological polar surface area (TPSA) is 48.7 Å². The van der Waals surface area contributed by atoms with Gasteiger partial charge in [0, 0.05) is 69.9 Å². The molecule has 1 atom stereocenters. The lowest BCUT2D eigenvalue weighted by Gasteiger charge is -2.26. The Kier molecular flexibility index (Phi) is 6.43. The third-order valence-electron chi connectivity index (χ3n) is 4.80. The molecule has 7 heteroatoms. The maximum absolute atomic E-state index is 4.89. The van der Waals surface area contributed by atoms with Gasteiger partial charge < -0.3 is 10.2 Å². The Labute approximate surface area is 149 Å². The van der Waals surface area contributed by atoms with Crippen molar-refractivity contribution in [2.24, 2.45) is 12.0 Å². The van der Waals surface area contributed by atoms with Gasteiger partial charge in [-0.15, -0.1) is 0 Å². The first kappa shape index (κ1) is 17.6. The van der Waals surface area contributed by atoms with E-state index in [2.05, 4.69) is 45.1 Å². The second-order valence-electron chi connectivity index (χ2n) is 6.57. The van der Waals surface area contributed by atoms with E-state index in [1.165, 1.54) is 36.6 Å². The van der Waals surface area contributed by atoms with Crippen LogP contribution in [0.25, 0.3) is 0 Å². The number of hydrogen-bond donors (Lipinski definition) is 1. The number of aryl methyl sites for hydroxylation is 1. The second-order valence-corrected chi connectivity index (χ2v) is 7.79. The molecular weight excluding hydrogens is 320 g/mol. The predicted octanol–water partition coefficient (Wildman–Crippen LogP) is 1.22. The molecule has 0 radical (unpaired) electrons. The van der Waals surface area contributed by atoms with Crippen LogP contribution < -0.4 is 5.32 Å². The zero-order chi connectivity index (χ0) is 16.8. The summed E-state index contributed by atoms with van der Waals surface area (Å²) in [5, 5.41) is 7.79. The van der Waals surface area contributed by atoms with Crippen molar-refractivity contribution < 1.29 is 0 Å². The summed E-state index contributed by atoms with van der Waals surface area (Å²) in [6.07, 6.45) is 5.33. The average molecular weight is 351 g/mol. The van der Waals surface area contributed by atoms with Gasteiger partial charge in [-0.1, -0.05) is 0 Å². The fourth-order valence-electron chi connectivity index (χ4n) is 3.42. The summed E-state index contributed by atoms with van der Waals surface area (Å²) in [5.41, 5.74) is 1.35. The molecule has 3 heterocycles. The van der Waals surface area contributed by atoms with Crippen molar-refractivity contribution in [1.29, 1.82) is 0 Å². The van der Waals surface area contributed by atoms with Crippen molar-refractivity contribution in [3.05, 3.63) is 18.0 Å². The third kappa shape index (κ3) is 4.66. The van der Waals surface area contributed by atoms with Gasteiger partial charge in [-0.2, -0.15) is 16.9 Å². The number of rotatable bonds is 5. The Hall–Kier alpha value is -1.21. The molecule has 0 aromatic carbocycles. The summed E-state index contributed by atoms with van der Waals surface area (Å²) in [4.78, 5) is 9.83. The Morgan fingerprint density at radius 3 is 2.92 bits per heavy atom. The number of nitrogens with one attached hydrogen (secondary N) is 1. The first-order valence-electron chi connectivity index (χ1n) is 9.08. The molecule has 134 valence electrons. The molecule has 0 saturated carbocycles. The highest BCUT2D eigenvalue weighted by Crippen LogP contribution is 2.26. The Balaban J connectivity index is 1.53. The Morgan fingerprint density at radius 2 is 2.21 bits per heavy atom. The predicted molar refractivity (Wildman–Crippen MR) is 102 cm³/mol. The molecule has 3 rings (SSSR count). The van der Waals surface area contributed by atoms with Crippen molar-refractivity contribution in [3.8, 4) is 0 Å². The molecule has 2 saturated heterocycles. The van der Waals surface area contributed by atoms with Crippen LogP contribution in [0.3, 0.4) is 0 Å². The van der Waals surface area contributed by atoms with E-state index in [-0.39, 0.29) is 0 Å². The molecule has 1 unspecified atom stereocenters. The maximum Gasteiger partial charge on any atom is 0.193 e. The van der Waals surface area contributed by atoms with Gasteiger partial charge in [0.25, 0.3) is 0 Å². The molecule has 2 aliphatic heterocycles. The van der Waals surface area contributed by atoms with Crippen molar-refractivity contribution >= 4 is 17.7 Å². The third-order valence-corrected chi connectivity index (χ3v) is 5.74. The van der Waals surface area contributed by atoms with Crippen molar-refractivity contribution in [3.63, 3.8) is 0 Å². The van der Waals surface area contributed by atoms with E-state index < -0.39 is 0 Å². The van der Waals surface area contributed by atoms with Crippen LogP contribution >= 0.6 is 11.8 Å². The SMILES string of the molecule is CCNC(=NCCN1CCSCC1)N1CCC(c2cnn(C)c2)C1. The number of thioether (sulfide) groups is 1. The number of nitrogens with zero attached hydrogens (tertiary/aromatic N) is 5. The van der Waals surface area contributed by atoms with Crippen LogP contribution in [0, 0.1) is 0 Å². The van der Waals surface area contributed by atoms with Crippen LogP contribution in [0.5, 0.6) is 0 Å². The molecule has 1 N–H and O–H groups in total. The summed E-state index contributed by atoms with van der Waals surface area (Å²) in [7, 11) is 1.99. The van der Waals surface area contributed by atoms with Gasteiger partial charge in [-0.25, -0.2) is 0 Å². The van der Waals surface area contributed by atoms with Crippen molar-refractivity contribution in [2.75, 3.05) is 57.3 Å². The van der Waals surface area contributed by atoms with Crippen LogP contribution in [0.1, 0.15) is 24.8 Å². The summed E-state index contributed by atoms with van der Waals surface area (Å²) < 4.78 is 1.90. The highest BCUT2D eigenvalue weighted by molar-refractivity contribution is 7.99. The smallest absolute Gasteiger partial charge is 0.193 e. The number of guanidine groups is 1. The van der Waals surface area contributed by atoms with Gasteiger partial charge in [-0.05, 0) is 18.9 Å². The summed E-state index contributed by atoms with van der Waals surface area (Å²) in [5.74, 6) is 4.18. The van der Waals surface area contributed by atoms with E-state index in [4.69, 9.17) is 4.99 Å². The average Bonchev–Trinajstić information content (AvgIpc) is 3.24. The fourth-order valence-corrected chi connectivity index (χ4v) is 4.40. The van der Waals surface area contributed by atoms with Gasteiger partial charge >= 0.3 is 0 Å². The van der Waals surface area contributed by atoms with Gasteiger partial charge in [0.1, 0.15) is 0 Å². The van der Waals surface area contributed by atoms with Gasteiger partial charge in [0.15, 0.2) is 5.96 Å². The number of aromatic nitrogens is 2. The molecule has 6 nitrogen and oxygen atoms in total. The Morgan fingerprint density at radius 1 is 1.38 bits per heavy atom. The van der Waals surface area contributed by atoms with Crippen LogP contribution in [-0.4, -0.2) is 82.9 Å². The van der Waals surface area contributed by atoms with Gasteiger partial charge in [-0.3, -0.25) is 14.6 Å². The molecular formula is C17H30N6S. The fraction of sp³-hybridized carbons (Fsp3) is 0.765.